The fourth-order valence-corrected chi connectivity index (χ4v) is 2.72. The highest BCUT2D eigenvalue weighted by molar-refractivity contribution is 7.80. The topological polar surface area (TPSA) is 59.6 Å². The molecule has 1 aliphatic heterocycles. The maximum absolute atomic E-state index is 11.7. The van der Waals surface area contributed by atoms with Crippen molar-refractivity contribution in [1.82, 2.24) is 5.32 Å². The molecule has 0 aliphatic carbocycles. The second-order valence-corrected chi connectivity index (χ2v) is 6.34. The Morgan fingerprint density at radius 1 is 1.33 bits per heavy atom. The smallest absolute Gasteiger partial charge is 0.226 e. The number of hydrogen-bond donors (Lipinski definition) is 2. The summed E-state index contributed by atoms with van der Waals surface area (Å²) in [6, 6.07) is 7.51. The molecule has 24 heavy (non-hydrogen) atoms. The van der Waals surface area contributed by atoms with Crippen LogP contribution in [0.1, 0.15) is 45.4 Å². The average molecular weight is 350 g/mol. The second-order valence-electron chi connectivity index (χ2n) is 5.93. The first-order chi connectivity index (χ1) is 11.7. The van der Waals surface area contributed by atoms with Crippen LogP contribution in [0.15, 0.2) is 24.3 Å². The van der Waals surface area contributed by atoms with Gasteiger partial charge in [-0.1, -0.05) is 19.8 Å². The Hall–Kier alpha value is -1.66. The molecule has 0 bridgehead atoms. The van der Waals surface area contributed by atoms with Crippen LogP contribution in [-0.2, 0) is 9.53 Å². The third-order valence-electron chi connectivity index (χ3n) is 3.83. The van der Waals surface area contributed by atoms with Crippen LogP contribution in [0.4, 0.5) is 5.69 Å². The van der Waals surface area contributed by atoms with Gasteiger partial charge in [0.05, 0.1) is 6.10 Å². The Kier molecular flexibility index (Phi) is 7.98. The van der Waals surface area contributed by atoms with E-state index in [1.807, 2.05) is 24.3 Å². The summed E-state index contributed by atoms with van der Waals surface area (Å²) in [7, 11) is 0. The molecule has 1 atom stereocenters. The number of unbranched alkanes of at least 4 members (excludes halogenated alkanes) is 2. The number of hydrogen-bond acceptors (Lipinski definition) is 4. The summed E-state index contributed by atoms with van der Waals surface area (Å²) in [5.74, 6) is 0.753. The van der Waals surface area contributed by atoms with Crippen LogP contribution in [0.2, 0.25) is 0 Å². The summed E-state index contributed by atoms with van der Waals surface area (Å²) in [5.41, 5.74) is 0.818. The summed E-state index contributed by atoms with van der Waals surface area (Å²) in [6.07, 6.45) is 5.92. The normalized spacial score (nSPS) is 16.6. The van der Waals surface area contributed by atoms with Crippen molar-refractivity contribution >= 4 is 28.9 Å². The standard InChI is InChI=1S/C18H26N2O3S/c1-2-3-4-7-17(21)20-18(24)19-14-8-10-15(11-9-14)23-13-16-6-5-12-22-16/h8-11,16H,2-7,12-13H2,1H3,(H2,19,20,21,24)/t16-/m0/s1. The number of carbonyl (C=O) groups is 1. The van der Waals surface area contributed by atoms with E-state index in [9.17, 15) is 4.79 Å². The van der Waals surface area contributed by atoms with E-state index in [2.05, 4.69) is 17.6 Å². The lowest BCUT2D eigenvalue weighted by atomic mass is 10.2. The molecule has 132 valence electrons. The van der Waals surface area contributed by atoms with Crippen LogP contribution in [0.25, 0.3) is 0 Å². The minimum absolute atomic E-state index is 0.0440. The van der Waals surface area contributed by atoms with Gasteiger partial charge in [-0.2, -0.15) is 0 Å². The summed E-state index contributed by atoms with van der Waals surface area (Å²) in [4.78, 5) is 11.7. The van der Waals surface area contributed by atoms with Crippen LogP contribution in [-0.4, -0.2) is 30.3 Å². The monoisotopic (exact) mass is 350 g/mol. The van der Waals surface area contributed by atoms with Crippen LogP contribution < -0.4 is 15.4 Å². The lowest BCUT2D eigenvalue weighted by molar-refractivity contribution is -0.119. The molecule has 1 aromatic carbocycles. The van der Waals surface area contributed by atoms with Gasteiger partial charge in [-0.15, -0.1) is 0 Å². The van der Waals surface area contributed by atoms with Gasteiger partial charge in [-0.05, 0) is 55.7 Å². The SMILES string of the molecule is CCCCCC(=O)NC(=S)Nc1ccc(OC[C@@H]2CCCO2)cc1. The van der Waals surface area contributed by atoms with Crippen molar-refractivity contribution < 1.29 is 14.3 Å². The molecule has 5 nitrogen and oxygen atoms in total. The molecule has 0 aromatic heterocycles. The van der Waals surface area contributed by atoms with Crippen LogP contribution in [0, 0.1) is 0 Å². The zero-order valence-electron chi connectivity index (χ0n) is 14.2. The van der Waals surface area contributed by atoms with Crippen molar-refractivity contribution in [2.24, 2.45) is 0 Å². The number of rotatable bonds is 8. The Bertz CT molecular complexity index is 528. The summed E-state index contributed by atoms with van der Waals surface area (Å²) < 4.78 is 11.2. The molecule has 1 fully saturated rings. The van der Waals surface area contributed by atoms with Gasteiger partial charge in [0.15, 0.2) is 5.11 Å². The second kappa shape index (κ2) is 10.3. The summed E-state index contributed by atoms with van der Waals surface area (Å²) in [6.45, 7) is 3.52. The van der Waals surface area contributed by atoms with Gasteiger partial charge < -0.3 is 20.1 Å². The molecule has 0 saturated carbocycles. The number of amides is 1. The zero-order valence-corrected chi connectivity index (χ0v) is 15.0. The Balaban J connectivity index is 1.70. The largest absolute Gasteiger partial charge is 0.491 e. The molecule has 6 heteroatoms. The number of ether oxygens (including phenoxy) is 2. The number of benzene rings is 1. The lowest BCUT2D eigenvalue weighted by Gasteiger charge is -2.13. The highest BCUT2D eigenvalue weighted by atomic mass is 32.1. The van der Waals surface area contributed by atoms with E-state index >= 15 is 0 Å². The van der Waals surface area contributed by atoms with E-state index < -0.39 is 0 Å². The van der Waals surface area contributed by atoms with Gasteiger partial charge in [0, 0.05) is 18.7 Å². The Labute approximate surface area is 149 Å². The van der Waals surface area contributed by atoms with Gasteiger partial charge in [-0.25, -0.2) is 0 Å². The maximum atomic E-state index is 11.7. The molecule has 0 radical (unpaired) electrons. The minimum Gasteiger partial charge on any atom is -0.491 e. The molecule has 1 heterocycles. The molecule has 1 aliphatic rings. The quantitative estimate of drug-likeness (QED) is 0.554. The van der Waals surface area contributed by atoms with Crippen molar-refractivity contribution in [3.8, 4) is 5.75 Å². The Morgan fingerprint density at radius 2 is 2.12 bits per heavy atom. The van der Waals surface area contributed by atoms with E-state index in [-0.39, 0.29) is 12.0 Å². The van der Waals surface area contributed by atoms with Gasteiger partial charge >= 0.3 is 0 Å². The predicted molar refractivity (Wildman–Crippen MR) is 99.4 cm³/mol. The molecular formula is C18H26N2O3S. The van der Waals surface area contributed by atoms with Crippen LogP contribution >= 0.6 is 12.2 Å². The highest BCUT2D eigenvalue weighted by Crippen LogP contribution is 2.18. The first kappa shape index (κ1) is 18.7. The van der Waals surface area contributed by atoms with E-state index in [1.165, 1.54) is 0 Å². The van der Waals surface area contributed by atoms with E-state index in [4.69, 9.17) is 21.7 Å². The first-order valence-corrected chi connectivity index (χ1v) is 9.03. The fraction of sp³-hybridized carbons (Fsp3) is 0.556. The van der Waals surface area contributed by atoms with Crippen LogP contribution in [0.5, 0.6) is 5.75 Å². The van der Waals surface area contributed by atoms with E-state index in [0.29, 0.717) is 18.1 Å². The molecule has 0 spiro atoms. The van der Waals surface area contributed by atoms with E-state index in [0.717, 1.165) is 50.1 Å². The molecule has 1 saturated heterocycles. The van der Waals surface area contributed by atoms with Crippen molar-refractivity contribution in [2.45, 2.75) is 51.6 Å². The number of thiocarbonyl (C=S) groups is 1. The molecule has 0 unspecified atom stereocenters. The maximum Gasteiger partial charge on any atom is 0.226 e. The van der Waals surface area contributed by atoms with Gasteiger partial charge in [0.25, 0.3) is 0 Å². The van der Waals surface area contributed by atoms with Gasteiger partial charge in [0.1, 0.15) is 12.4 Å². The van der Waals surface area contributed by atoms with Crippen molar-refractivity contribution in [3.63, 3.8) is 0 Å². The molecule has 1 amide bonds. The van der Waals surface area contributed by atoms with Gasteiger partial charge in [0.2, 0.25) is 5.91 Å². The highest BCUT2D eigenvalue weighted by Gasteiger charge is 2.15. The minimum atomic E-state index is -0.0440. The van der Waals surface area contributed by atoms with Crippen molar-refractivity contribution in [3.05, 3.63) is 24.3 Å². The summed E-state index contributed by atoms with van der Waals surface area (Å²) >= 11 is 5.16. The fourth-order valence-electron chi connectivity index (χ4n) is 2.49. The third kappa shape index (κ3) is 6.84. The van der Waals surface area contributed by atoms with Crippen molar-refractivity contribution in [2.75, 3.05) is 18.5 Å². The van der Waals surface area contributed by atoms with Crippen molar-refractivity contribution in [1.29, 1.82) is 0 Å². The van der Waals surface area contributed by atoms with E-state index in [1.54, 1.807) is 0 Å². The molecular weight excluding hydrogens is 324 g/mol. The third-order valence-corrected chi connectivity index (χ3v) is 4.04. The lowest BCUT2D eigenvalue weighted by Crippen LogP contribution is -2.33. The average Bonchev–Trinajstić information content (AvgIpc) is 3.08. The first-order valence-electron chi connectivity index (χ1n) is 8.62. The number of nitrogens with one attached hydrogen (secondary N) is 2. The van der Waals surface area contributed by atoms with Crippen LogP contribution in [0.3, 0.4) is 0 Å². The van der Waals surface area contributed by atoms with Gasteiger partial charge in [-0.3, -0.25) is 4.79 Å². The zero-order chi connectivity index (χ0) is 17.2. The number of carbonyl (C=O) groups excluding carboxylic acids is 1. The molecule has 1 aromatic rings. The molecule has 2 N–H and O–H groups in total. The predicted octanol–water partition coefficient (Wildman–Crippen LogP) is 3.64. The number of anilines is 1. The molecule has 2 rings (SSSR count). The Morgan fingerprint density at radius 3 is 2.79 bits per heavy atom. The summed E-state index contributed by atoms with van der Waals surface area (Å²) in [5, 5.41) is 6.03.